The molecule has 0 atom stereocenters. The Balaban J connectivity index is 3.27. The Morgan fingerprint density at radius 1 is 0.333 bits per heavy atom. The Morgan fingerprint density at radius 3 is 0.905 bits per heavy atom. The molecule has 0 aromatic rings. The number of esters is 2. The Morgan fingerprint density at radius 2 is 0.595 bits per heavy atom. The Kier molecular flexibility index (Phi) is 33.0. The van der Waals surface area contributed by atoms with Gasteiger partial charge in [-0.3, -0.25) is 14.4 Å². The van der Waals surface area contributed by atoms with Crippen LogP contribution in [0.3, 0.4) is 0 Å². The first-order chi connectivity index (χ1) is 20.6. The minimum atomic E-state index is -0.0240. The highest BCUT2D eigenvalue weighted by molar-refractivity contribution is 5.78. The quantitative estimate of drug-likeness (QED) is 0.0547. The predicted molar refractivity (Wildman–Crippen MR) is 177 cm³/mol. The monoisotopic (exact) mass is 595 g/mol. The second-order valence-corrected chi connectivity index (χ2v) is 12.5. The van der Waals surface area contributed by atoms with Gasteiger partial charge in [0.05, 0.1) is 13.2 Å². The van der Waals surface area contributed by atoms with E-state index < -0.39 is 0 Å². The number of ether oxygens (including phenoxy) is 2. The number of hydrogen-bond donors (Lipinski definition) is 0. The van der Waals surface area contributed by atoms with Crippen LogP contribution in [0.5, 0.6) is 0 Å². The zero-order valence-electron chi connectivity index (χ0n) is 28.2. The van der Waals surface area contributed by atoms with E-state index in [0.29, 0.717) is 31.8 Å². The molecule has 0 radical (unpaired) electrons. The van der Waals surface area contributed by atoms with Crippen molar-refractivity contribution in [1.82, 2.24) is 0 Å². The van der Waals surface area contributed by atoms with E-state index in [2.05, 4.69) is 13.8 Å². The summed E-state index contributed by atoms with van der Waals surface area (Å²) in [5, 5.41) is 0. The van der Waals surface area contributed by atoms with Crippen LogP contribution < -0.4 is 0 Å². The second-order valence-electron chi connectivity index (χ2n) is 12.5. The van der Waals surface area contributed by atoms with Gasteiger partial charge in [0.2, 0.25) is 0 Å². The van der Waals surface area contributed by atoms with Gasteiger partial charge < -0.3 is 9.47 Å². The lowest BCUT2D eigenvalue weighted by Crippen LogP contribution is -2.05. The van der Waals surface area contributed by atoms with Gasteiger partial charge in [-0.15, -0.1) is 0 Å². The number of ketones is 1. The van der Waals surface area contributed by atoms with Crippen molar-refractivity contribution in [2.24, 2.45) is 0 Å². The molecule has 0 saturated carbocycles. The van der Waals surface area contributed by atoms with Gasteiger partial charge in [0.1, 0.15) is 5.78 Å². The maximum Gasteiger partial charge on any atom is 0.305 e. The maximum absolute atomic E-state index is 12.1. The first kappa shape index (κ1) is 40.6. The molecule has 0 aromatic carbocycles. The Hall–Kier alpha value is -1.39. The van der Waals surface area contributed by atoms with Crippen LogP contribution in [0.4, 0.5) is 0 Å². The molecule has 42 heavy (non-hydrogen) atoms. The molecule has 0 fully saturated rings. The van der Waals surface area contributed by atoms with Crippen LogP contribution in [0.15, 0.2) is 0 Å². The Bertz CT molecular complexity index is 553. The van der Waals surface area contributed by atoms with Crippen LogP contribution in [0.25, 0.3) is 0 Å². The summed E-state index contributed by atoms with van der Waals surface area (Å²) in [6.07, 6.45) is 32.9. The first-order valence-corrected chi connectivity index (χ1v) is 18.4. The van der Waals surface area contributed by atoms with Gasteiger partial charge in [-0.25, -0.2) is 0 Å². The van der Waals surface area contributed by atoms with E-state index in [1.165, 1.54) is 103 Å². The van der Waals surface area contributed by atoms with Crippen molar-refractivity contribution in [2.45, 2.75) is 206 Å². The average Bonchev–Trinajstić information content (AvgIpc) is 2.98. The van der Waals surface area contributed by atoms with Gasteiger partial charge in [-0.2, -0.15) is 0 Å². The molecular weight excluding hydrogens is 524 g/mol. The molecule has 0 spiro atoms. The topological polar surface area (TPSA) is 69.7 Å². The van der Waals surface area contributed by atoms with Crippen molar-refractivity contribution >= 4 is 17.7 Å². The fourth-order valence-corrected chi connectivity index (χ4v) is 5.36. The number of Topliss-reactive ketones (excluding diaryl/α,β-unsaturated/α-hetero) is 1. The molecular formula is C37H70O5. The number of unbranched alkanes of at least 4 members (excludes halogenated alkanes) is 22. The number of carbonyl (C=O) groups is 3. The van der Waals surface area contributed by atoms with E-state index in [4.69, 9.17) is 9.47 Å². The average molecular weight is 595 g/mol. The summed E-state index contributed by atoms with van der Waals surface area (Å²) < 4.78 is 10.6. The van der Waals surface area contributed by atoms with Crippen molar-refractivity contribution in [3.63, 3.8) is 0 Å². The third-order valence-electron chi connectivity index (χ3n) is 8.19. The zero-order valence-corrected chi connectivity index (χ0v) is 28.2. The van der Waals surface area contributed by atoms with Gasteiger partial charge in [0, 0.05) is 25.7 Å². The number of hydrogen-bond acceptors (Lipinski definition) is 5. The molecule has 0 aromatic heterocycles. The summed E-state index contributed by atoms with van der Waals surface area (Å²) in [5.74, 6) is 0.405. The van der Waals surface area contributed by atoms with E-state index in [1.54, 1.807) is 0 Å². The molecule has 0 heterocycles. The van der Waals surface area contributed by atoms with E-state index in [9.17, 15) is 14.4 Å². The smallest absolute Gasteiger partial charge is 0.305 e. The SMILES string of the molecule is CCCCCCOC(=O)CCCCCCCCCCCC(=O)CCCCCCCCCCCC(=O)OCCCCCC. The van der Waals surface area contributed by atoms with E-state index in [1.807, 2.05) is 0 Å². The van der Waals surface area contributed by atoms with Crippen molar-refractivity contribution in [3.05, 3.63) is 0 Å². The standard InChI is InChI=1S/C37H70O5/c1-3-5-7-27-33-41-36(39)31-25-21-17-13-9-11-15-19-23-29-35(38)30-24-20-16-12-10-14-18-22-26-32-37(40)42-34-28-8-6-4-2/h3-34H2,1-2H3. The molecule has 0 aliphatic rings. The lowest BCUT2D eigenvalue weighted by atomic mass is 10.0. The molecule has 0 aliphatic carbocycles. The fourth-order valence-electron chi connectivity index (χ4n) is 5.36. The van der Waals surface area contributed by atoms with Crippen LogP contribution in [-0.4, -0.2) is 30.9 Å². The third kappa shape index (κ3) is 33.1. The van der Waals surface area contributed by atoms with E-state index in [0.717, 1.165) is 77.0 Å². The minimum Gasteiger partial charge on any atom is -0.466 e. The summed E-state index contributed by atoms with van der Waals surface area (Å²) in [6, 6.07) is 0. The molecule has 0 saturated heterocycles. The second kappa shape index (κ2) is 34.1. The van der Waals surface area contributed by atoms with Crippen LogP contribution >= 0.6 is 0 Å². The summed E-state index contributed by atoms with van der Waals surface area (Å²) in [7, 11) is 0. The predicted octanol–water partition coefficient (Wildman–Crippen LogP) is 11.4. The summed E-state index contributed by atoms with van der Waals surface area (Å²) >= 11 is 0. The van der Waals surface area contributed by atoms with E-state index >= 15 is 0 Å². The number of carbonyl (C=O) groups excluding carboxylic acids is 3. The van der Waals surface area contributed by atoms with Crippen molar-refractivity contribution in [2.75, 3.05) is 13.2 Å². The first-order valence-electron chi connectivity index (χ1n) is 18.4. The summed E-state index contributed by atoms with van der Waals surface area (Å²) in [4.78, 5) is 35.5. The lowest BCUT2D eigenvalue weighted by molar-refractivity contribution is -0.144. The van der Waals surface area contributed by atoms with Gasteiger partial charge in [-0.1, -0.05) is 142 Å². The van der Waals surface area contributed by atoms with Crippen LogP contribution in [-0.2, 0) is 23.9 Å². The lowest BCUT2D eigenvalue weighted by Gasteiger charge is -2.05. The Labute approximate surface area is 261 Å². The molecule has 0 bridgehead atoms. The number of rotatable bonds is 34. The van der Waals surface area contributed by atoms with Gasteiger partial charge in [0.15, 0.2) is 0 Å². The molecule has 0 N–H and O–H groups in total. The third-order valence-corrected chi connectivity index (χ3v) is 8.19. The van der Waals surface area contributed by atoms with E-state index in [-0.39, 0.29) is 11.9 Å². The molecule has 5 nitrogen and oxygen atoms in total. The van der Waals surface area contributed by atoms with Crippen molar-refractivity contribution in [3.8, 4) is 0 Å². The zero-order chi connectivity index (χ0) is 30.8. The normalized spacial score (nSPS) is 11.1. The molecule has 0 amide bonds. The van der Waals surface area contributed by atoms with Crippen LogP contribution in [0.1, 0.15) is 206 Å². The van der Waals surface area contributed by atoms with Crippen molar-refractivity contribution in [1.29, 1.82) is 0 Å². The molecule has 0 rings (SSSR count). The minimum absolute atomic E-state index is 0.0240. The highest BCUT2D eigenvalue weighted by Crippen LogP contribution is 2.15. The molecule has 5 heteroatoms. The summed E-state index contributed by atoms with van der Waals surface area (Å²) in [6.45, 7) is 5.55. The maximum atomic E-state index is 12.1. The fraction of sp³-hybridized carbons (Fsp3) is 0.919. The van der Waals surface area contributed by atoms with Crippen LogP contribution in [0, 0.1) is 0 Å². The van der Waals surface area contributed by atoms with Crippen molar-refractivity contribution < 1.29 is 23.9 Å². The highest BCUT2D eigenvalue weighted by atomic mass is 16.5. The highest BCUT2D eigenvalue weighted by Gasteiger charge is 2.05. The summed E-state index contributed by atoms with van der Waals surface area (Å²) in [5.41, 5.74) is 0. The van der Waals surface area contributed by atoms with Gasteiger partial charge in [0.25, 0.3) is 0 Å². The van der Waals surface area contributed by atoms with Gasteiger partial charge in [-0.05, 0) is 38.5 Å². The van der Waals surface area contributed by atoms with Crippen LogP contribution in [0.2, 0.25) is 0 Å². The molecule has 0 unspecified atom stereocenters. The van der Waals surface area contributed by atoms with Gasteiger partial charge >= 0.3 is 11.9 Å². The molecule has 0 aliphatic heterocycles. The molecule has 248 valence electrons. The largest absolute Gasteiger partial charge is 0.466 e.